The van der Waals surface area contributed by atoms with Crippen molar-refractivity contribution in [2.24, 2.45) is 0 Å². The van der Waals surface area contributed by atoms with Crippen LogP contribution in [0.15, 0.2) is 53.3 Å². The first-order valence-corrected chi connectivity index (χ1v) is 9.53. The van der Waals surface area contributed by atoms with E-state index in [0.29, 0.717) is 45.6 Å². The highest BCUT2D eigenvalue weighted by molar-refractivity contribution is 6.05. The molecule has 5 aromatic rings. The van der Waals surface area contributed by atoms with E-state index in [1.165, 1.54) is 6.07 Å². The van der Waals surface area contributed by atoms with Gasteiger partial charge in [-0.3, -0.25) is 13.9 Å². The Morgan fingerprint density at radius 1 is 0.931 bits per heavy atom. The first-order chi connectivity index (χ1) is 14.1. The Kier molecular flexibility index (Phi) is 3.91. The molecule has 3 aromatic heterocycles. The molecule has 0 saturated carbocycles. The summed E-state index contributed by atoms with van der Waals surface area (Å²) >= 11 is 0. The van der Waals surface area contributed by atoms with Crippen LogP contribution in [-0.2, 0) is 6.54 Å². The number of para-hydroxylation sites is 3. The van der Waals surface area contributed by atoms with Crippen LogP contribution in [0.1, 0.15) is 19.2 Å². The Balaban J connectivity index is 2.05. The largest absolute Gasteiger partial charge is 0.296 e. The third-order valence-electron chi connectivity index (χ3n) is 5.09. The lowest BCUT2D eigenvalue weighted by Crippen LogP contribution is -2.24. The number of hydrogen-bond acceptors (Lipinski definition) is 4. The summed E-state index contributed by atoms with van der Waals surface area (Å²) in [5.74, 6) is 0.160. The average Bonchev–Trinajstić information content (AvgIpc) is 3.02. The molecule has 5 rings (SSSR count). The summed E-state index contributed by atoms with van der Waals surface area (Å²) in [5.41, 5.74) is 2.68. The second kappa shape index (κ2) is 6.48. The molecule has 29 heavy (non-hydrogen) atoms. The number of rotatable bonds is 3. The number of nitrogens with zero attached hydrogens (tertiary/aromatic N) is 5. The predicted molar refractivity (Wildman–Crippen MR) is 111 cm³/mol. The lowest BCUT2D eigenvalue weighted by atomic mass is 10.3. The van der Waals surface area contributed by atoms with Crippen molar-refractivity contribution in [2.75, 3.05) is 0 Å². The van der Waals surface area contributed by atoms with Gasteiger partial charge in [0.2, 0.25) is 0 Å². The van der Waals surface area contributed by atoms with Gasteiger partial charge in [0, 0.05) is 6.54 Å². The van der Waals surface area contributed by atoms with Crippen LogP contribution in [-0.4, -0.2) is 24.1 Å². The van der Waals surface area contributed by atoms with E-state index < -0.39 is 5.82 Å². The molecule has 0 aliphatic heterocycles. The Morgan fingerprint density at radius 2 is 1.62 bits per heavy atom. The number of benzene rings is 2. The van der Waals surface area contributed by atoms with E-state index in [9.17, 15) is 9.18 Å². The summed E-state index contributed by atoms with van der Waals surface area (Å²) in [6.07, 6.45) is 0.800. The molecular weight excluding hydrogens is 369 g/mol. The normalized spacial score (nSPS) is 11.7. The van der Waals surface area contributed by atoms with E-state index in [0.717, 1.165) is 6.42 Å². The zero-order valence-electron chi connectivity index (χ0n) is 16.1. The molecule has 0 unspecified atom stereocenters. The SMILES string of the molecule is CCCn1c(C)nc2c(c1=O)c1nc3ccccc3nc1n2-c1ccccc1F. The van der Waals surface area contributed by atoms with E-state index in [1.807, 2.05) is 31.2 Å². The van der Waals surface area contributed by atoms with Crippen LogP contribution in [0.25, 0.3) is 38.9 Å². The van der Waals surface area contributed by atoms with Gasteiger partial charge in [0.25, 0.3) is 5.56 Å². The van der Waals surface area contributed by atoms with Crippen molar-refractivity contribution < 1.29 is 4.39 Å². The smallest absolute Gasteiger partial charge is 0.265 e. The fraction of sp³-hybridized carbons (Fsp3) is 0.182. The summed E-state index contributed by atoms with van der Waals surface area (Å²) in [4.78, 5) is 27.5. The van der Waals surface area contributed by atoms with Gasteiger partial charge in [-0.25, -0.2) is 19.3 Å². The molecule has 3 heterocycles. The molecular formula is C22H18FN5O. The Morgan fingerprint density at radius 3 is 2.34 bits per heavy atom. The van der Waals surface area contributed by atoms with Gasteiger partial charge in [0.05, 0.1) is 16.7 Å². The number of fused-ring (bicyclic) bond motifs is 4. The van der Waals surface area contributed by atoms with Crippen LogP contribution in [0.5, 0.6) is 0 Å². The van der Waals surface area contributed by atoms with Crippen LogP contribution in [0.2, 0.25) is 0 Å². The summed E-state index contributed by atoms with van der Waals surface area (Å²) in [7, 11) is 0. The maximum atomic E-state index is 14.7. The van der Waals surface area contributed by atoms with Crippen LogP contribution < -0.4 is 5.56 Å². The third kappa shape index (κ3) is 2.54. The molecule has 7 heteroatoms. The fourth-order valence-electron chi connectivity index (χ4n) is 3.78. The second-order valence-electron chi connectivity index (χ2n) is 6.99. The number of aryl methyl sites for hydroxylation is 1. The second-order valence-corrected chi connectivity index (χ2v) is 6.99. The zero-order chi connectivity index (χ0) is 20.1. The first kappa shape index (κ1) is 17.5. The summed E-state index contributed by atoms with van der Waals surface area (Å²) < 4.78 is 18.0. The lowest BCUT2D eigenvalue weighted by Gasteiger charge is -2.10. The molecule has 0 N–H and O–H groups in total. The Bertz CT molecular complexity index is 1470. The minimum Gasteiger partial charge on any atom is -0.296 e. The molecule has 0 bridgehead atoms. The minimum atomic E-state index is -0.418. The van der Waals surface area contributed by atoms with Crippen molar-refractivity contribution in [2.45, 2.75) is 26.8 Å². The van der Waals surface area contributed by atoms with Crippen molar-refractivity contribution in [1.29, 1.82) is 0 Å². The zero-order valence-corrected chi connectivity index (χ0v) is 16.1. The Hall–Kier alpha value is -3.61. The van der Waals surface area contributed by atoms with Gasteiger partial charge >= 0.3 is 0 Å². The molecule has 0 aliphatic carbocycles. The van der Waals surface area contributed by atoms with Gasteiger partial charge in [-0.05, 0) is 37.6 Å². The highest BCUT2D eigenvalue weighted by Crippen LogP contribution is 2.29. The van der Waals surface area contributed by atoms with Crippen molar-refractivity contribution >= 4 is 33.2 Å². The summed E-state index contributed by atoms with van der Waals surface area (Å²) in [6, 6.07) is 13.8. The van der Waals surface area contributed by atoms with Gasteiger partial charge in [-0.2, -0.15) is 0 Å². The monoisotopic (exact) mass is 387 g/mol. The molecule has 0 atom stereocenters. The van der Waals surface area contributed by atoms with E-state index in [1.54, 1.807) is 34.3 Å². The van der Waals surface area contributed by atoms with E-state index in [-0.39, 0.29) is 11.2 Å². The van der Waals surface area contributed by atoms with E-state index in [4.69, 9.17) is 9.97 Å². The molecule has 0 amide bonds. The first-order valence-electron chi connectivity index (χ1n) is 9.53. The molecule has 144 valence electrons. The van der Waals surface area contributed by atoms with Crippen molar-refractivity contribution in [1.82, 2.24) is 24.1 Å². The van der Waals surface area contributed by atoms with Crippen LogP contribution in [0.3, 0.4) is 0 Å². The Labute approximate surface area is 165 Å². The quantitative estimate of drug-likeness (QED) is 0.467. The van der Waals surface area contributed by atoms with Crippen molar-refractivity contribution in [3.63, 3.8) is 0 Å². The van der Waals surface area contributed by atoms with Crippen molar-refractivity contribution in [3.05, 3.63) is 70.5 Å². The van der Waals surface area contributed by atoms with Crippen molar-refractivity contribution in [3.8, 4) is 5.69 Å². The fourth-order valence-corrected chi connectivity index (χ4v) is 3.78. The molecule has 0 fully saturated rings. The third-order valence-corrected chi connectivity index (χ3v) is 5.09. The van der Waals surface area contributed by atoms with Gasteiger partial charge in [0.1, 0.15) is 22.5 Å². The maximum Gasteiger partial charge on any atom is 0.265 e. The molecule has 2 aromatic carbocycles. The number of aromatic nitrogens is 5. The topological polar surface area (TPSA) is 65.6 Å². The highest BCUT2D eigenvalue weighted by Gasteiger charge is 2.23. The van der Waals surface area contributed by atoms with Crippen LogP contribution in [0, 0.1) is 12.7 Å². The molecule has 0 saturated heterocycles. The molecule has 6 nitrogen and oxygen atoms in total. The lowest BCUT2D eigenvalue weighted by molar-refractivity contribution is 0.617. The van der Waals surface area contributed by atoms with E-state index >= 15 is 0 Å². The van der Waals surface area contributed by atoms with Crippen LogP contribution >= 0.6 is 0 Å². The average molecular weight is 387 g/mol. The summed E-state index contributed by atoms with van der Waals surface area (Å²) in [5, 5.41) is 0.362. The number of hydrogen-bond donors (Lipinski definition) is 0. The van der Waals surface area contributed by atoms with Gasteiger partial charge in [-0.15, -0.1) is 0 Å². The van der Waals surface area contributed by atoms with Crippen LogP contribution in [0.4, 0.5) is 4.39 Å². The van der Waals surface area contributed by atoms with Gasteiger partial charge < -0.3 is 0 Å². The highest BCUT2D eigenvalue weighted by atomic mass is 19.1. The maximum absolute atomic E-state index is 14.7. The summed E-state index contributed by atoms with van der Waals surface area (Å²) in [6.45, 7) is 4.35. The number of halogens is 1. The van der Waals surface area contributed by atoms with Gasteiger partial charge in [-0.1, -0.05) is 31.2 Å². The molecule has 0 aliphatic rings. The molecule has 0 radical (unpaired) electrons. The standard InChI is InChI=1S/C22H18FN5O/c1-3-12-27-13(2)24-20-18(22(27)29)19-21(26-16-10-6-5-9-15(16)25-19)28(20)17-11-7-4-8-14(17)23/h4-11H,3,12H2,1-2H3. The minimum absolute atomic E-state index is 0.181. The molecule has 0 spiro atoms. The van der Waals surface area contributed by atoms with Gasteiger partial charge in [0.15, 0.2) is 11.3 Å². The predicted octanol–water partition coefficient (Wildman–Crippen LogP) is 4.14. The van der Waals surface area contributed by atoms with E-state index in [2.05, 4.69) is 4.98 Å².